The molecule has 0 unspecified atom stereocenters. The van der Waals surface area contributed by atoms with E-state index in [2.05, 4.69) is 15.9 Å². The molecule has 3 rings (SSSR count). The molecule has 154 valence electrons. The molecule has 0 N–H and O–H groups in total. The van der Waals surface area contributed by atoms with Crippen molar-refractivity contribution in [2.24, 2.45) is 0 Å². The van der Waals surface area contributed by atoms with Gasteiger partial charge in [0.25, 0.3) is 0 Å². The third kappa shape index (κ3) is 5.64. The van der Waals surface area contributed by atoms with E-state index in [0.29, 0.717) is 11.1 Å². The molecule has 0 aliphatic rings. The maximum Gasteiger partial charge on any atom is 0.338 e. The number of carbonyl (C=O) groups is 2. The van der Waals surface area contributed by atoms with Crippen molar-refractivity contribution < 1.29 is 22.7 Å². The summed E-state index contributed by atoms with van der Waals surface area (Å²) in [7, 11) is -3.48. The fourth-order valence-corrected chi connectivity index (χ4v) is 4.33. The highest BCUT2D eigenvalue weighted by Crippen LogP contribution is 2.18. The smallest absolute Gasteiger partial charge is 0.338 e. The number of ether oxygens (including phenoxy) is 1. The first-order chi connectivity index (χ1) is 14.2. The summed E-state index contributed by atoms with van der Waals surface area (Å²) in [5.41, 5.74) is 2.23. The lowest BCUT2D eigenvalue weighted by atomic mass is 10.1. The summed E-state index contributed by atoms with van der Waals surface area (Å²) in [5, 5.41) is 0. The van der Waals surface area contributed by atoms with E-state index in [1.807, 2.05) is 6.92 Å². The van der Waals surface area contributed by atoms with Crippen LogP contribution in [0, 0.1) is 6.92 Å². The summed E-state index contributed by atoms with van der Waals surface area (Å²) in [4.78, 5) is 24.5. The highest BCUT2D eigenvalue weighted by atomic mass is 79.9. The van der Waals surface area contributed by atoms with Gasteiger partial charge in [-0.3, -0.25) is 4.79 Å². The van der Waals surface area contributed by atoms with Crippen molar-refractivity contribution in [3.8, 4) is 0 Å². The number of rotatable bonds is 7. The lowest BCUT2D eigenvalue weighted by molar-refractivity contribution is 0.0474. The number of ketones is 1. The van der Waals surface area contributed by atoms with Crippen molar-refractivity contribution in [3.05, 3.63) is 99.5 Å². The monoisotopic (exact) mass is 486 g/mol. The number of hydrogen-bond donors (Lipinski definition) is 0. The number of esters is 1. The molecular formula is C23H19BrO5S. The van der Waals surface area contributed by atoms with E-state index < -0.39 is 15.8 Å². The Hall–Kier alpha value is -2.77. The second kappa shape index (κ2) is 9.36. The Morgan fingerprint density at radius 3 is 2.00 bits per heavy atom. The first kappa shape index (κ1) is 21.9. The van der Waals surface area contributed by atoms with Gasteiger partial charge in [-0.15, -0.1) is 0 Å². The van der Waals surface area contributed by atoms with Crippen LogP contribution in [0.4, 0.5) is 0 Å². The Labute approximate surface area is 183 Å². The molecule has 0 spiro atoms. The van der Waals surface area contributed by atoms with Gasteiger partial charge in [-0.25, -0.2) is 13.2 Å². The molecule has 0 aliphatic heterocycles. The third-order valence-corrected chi connectivity index (χ3v) is 6.66. The van der Waals surface area contributed by atoms with E-state index in [4.69, 9.17) is 4.74 Å². The molecule has 0 bridgehead atoms. The highest BCUT2D eigenvalue weighted by molar-refractivity contribution is 9.10. The van der Waals surface area contributed by atoms with Gasteiger partial charge in [0.05, 0.1) is 16.2 Å². The number of carbonyl (C=O) groups excluding carboxylic acids is 2. The molecule has 0 radical (unpaired) electrons. The second-order valence-electron chi connectivity index (χ2n) is 6.78. The van der Waals surface area contributed by atoms with Crippen LogP contribution in [0.15, 0.2) is 82.2 Å². The van der Waals surface area contributed by atoms with Crippen LogP contribution in [0.2, 0.25) is 0 Å². The molecule has 0 heterocycles. The quantitative estimate of drug-likeness (QED) is 0.355. The number of sulfone groups is 1. The average Bonchev–Trinajstić information content (AvgIpc) is 2.73. The zero-order valence-electron chi connectivity index (χ0n) is 16.2. The van der Waals surface area contributed by atoms with Crippen molar-refractivity contribution in [2.45, 2.75) is 17.6 Å². The molecule has 30 heavy (non-hydrogen) atoms. The average molecular weight is 487 g/mol. The standard InChI is InChI=1S/C23H19BrO5S/c1-16-2-12-21(13-3-16)30(27,28)15-17-4-6-19(7-5-17)23(26)29-14-22(25)18-8-10-20(24)11-9-18/h2-13H,14-15H2,1H3. The summed E-state index contributed by atoms with van der Waals surface area (Å²) >= 11 is 3.29. The minimum absolute atomic E-state index is 0.173. The van der Waals surface area contributed by atoms with E-state index in [1.165, 1.54) is 12.1 Å². The van der Waals surface area contributed by atoms with E-state index in [-0.39, 0.29) is 28.6 Å². The van der Waals surface area contributed by atoms with Gasteiger partial charge >= 0.3 is 5.97 Å². The molecule has 3 aromatic rings. The first-order valence-corrected chi connectivity index (χ1v) is 11.5. The third-order valence-electron chi connectivity index (χ3n) is 4.43. The van der Waals surface area contributed by atoms with Crippen LogP contribution < -0.4 is 0 Å². The maximum absolute atomic E-state index is 12.5. The van der Waals surface area contributed by atoms with Gasteiger partial charge in [-0.2, -0.15) is 0 Å². The topological polar surface area (TPSA) is 77.5 Å². The number of halogens is 1. The van der Waals surface area contributed by atoms with Gasteiger partial charge in [-0.1, -0.05) is 57.9 Å². The van der Waals surface area contributed by atoms with Crippen LogP contribution in [0.5, 0.6) is 0 Å². The van der Waals surface area contributed by atoms with Crippen molar-refractivity contribution in [3.63, 3.8) is 0 Å². The lowest BCUT2D eigenvalue weighted by Gasteiger charge is -2.07. The van der Waals surface area contributed by atoms with Gasteiger partial charge in [0.15, 0.2) is 22.2 Å². The summed E-state index contributed by atoms with van der Waals surface area (Å²) in [6, 6.07) is 19.5. The molecule has 3 aromatic carbocycles. The zero-order valence-corrected chi connectivity index (χ0v) is 18.6. The van der Waals surface area contributed by atoms with E-state index in [9.17, 15) is 18.0 Å². The normalized spacial score (nSPS) is 11.1. The molecule has 0 amide bonds. The van der Waals surface area contributed by atoms with E-state index >= 15 is 0 Å². The molecule has 0 fully saturated rings. The maximum atomic E-state index is 12.5. The van der Waals surface area contributed by atoms with Crippen LogP contribution in [0.25, 0.3) is 0 Å². The molecule has 0 aliphatic carbocycles. The summed E-state index contributed by atoms with van der Waals surface area (Å²) in [5.74, 6) is -1.13. The Balaban J connectivity index is 1.60. The van der Waals surface area contributed by atoms with Gasteiger partial charge in [0.1, 0.15) is 0 Å². The fourth-order valence-electron chi connectivity index (χ4n) is 2.72. The number of benzene rings is 3. The molecule has 0 atom stereocenters. The van der Waals surface area contributed by atoms with Gasteiger partial charge < -0.3 is 4.74 Å². The lowest BCUT2D eigenvalue weighted by Crippen LogP contribution is -2.14. The minimum atomic E-state index is -3.48. The van der Waals surface area contributed by atoms with Gasteiger partial charge in [-0.05, 0) is 48.9 Å². The Kier molecular flexibility index (Phi) is 6.84. The fraction of sp³-hybridized carbons (Fsp3) is 0.130. The van der Waals surface area contributed by atoms with Crippen LogP contribution in [-0.2, 0) is 20.3 Å². The predicted octanol–water partition coefficient (Wildman–Crippen LogP) is 4.77. The van der Waals surface area contributed by atoms with Crippen molar-refractivity contribution in [1.82, 2.24) is 0 Å². The Morgan fingerprint density at radius 1 is 0.833 bits per heavy atom. The van der Waals surface area contributed by atoms with Crippen LogP contribution in [0.3, 0.4) is 0 Å². The SMILES string of the molecule is Cc1ccc(S(=O)(=O)Cc2ccc(C(=O)OCC(=O)c3ccc(Br)cc3)cc2)cc1. The summed E-state index contributed by atoms with van der Waals surface area (Å²) in [6.45, 7) is 1.52. The van der Waals surface area contributed by atoms with Gasteiger partial charge in [0, 0.05) is 10.0 Å². The van der Waals surface area contributed by atoms with Gasteiger partial charge in [0.2, 0.25) is 0 Å². The van der Waals surface area contributed by atoms with E-state index in [1.54, 1.807) is 60.7 Å². The minimum Gasteiger partial charge on any atom is -0.454 e. The van der Waals surface area contributed by atoms with Crippen LogP contribution in [0.1, 0.15) is 31.8 Å². The highest BCUT2D eigenvalue weighted by Gasteiger charge is 2.16. The molecule has 0 aromatic heterocycles. The van der Waals surface area contributed by atoms with Crippen molar-refractivity contribution in [1.29, 1.82) is 0 Å². The first-order valence-electron chi connectivity index (χ1n) is 9.09. The van der Waals surface area contributed by atoms with Crippen LogP contribution in [-0.4, -0.2) is 26.8 Å². The molecule has 7 heteroatoms. The number of aryl methyl sites for hydroxylation is 1. The second-order valence-corrected chi connectivity index (χ2v) is 9.68. The Morgan fingerprint density at radius 2 is 1.40 bits per heavy atom. The largest absolute Gasteiger partial charge is 0.454 e. The zero-order chi connectivity index (χ0) is 21.7. The summed E-state index contributed by atoms with van der Waals surface area (Å²) < 4.78 is 31.0. The molecule has 5 nitrogen and oxygen atoms in total. The molecule has 0 saturated carbocycles. The van der Waals surface area contributed by atoms with Crippen LogP contribution >= 0.6 is 15.9 Å². The predicted molar refractivity (Wildman–Crippen MR) is 117 cm³/mol. The Bertz CT molecular complexity index is 1150. The van der Waals surface area contributed by atoms with Crippen molar-refractivity contribution in [2.75, 3.05) is 6.61 Å². The molecule has 0 saturated heterocycles. The summed E-state index contributed by atoms with van der Waals surface area (Å²) in [6.07, 6.45) is 0. The van der Waals surface area contributed by atoms with E-state index in [0.717, 1.165) is 10.0 Å². The number of hydrogen-bond acceptors (Lipinski definition) is 5. The molecular weight excluding hydrogens is 468 g/mol. The number of Topliss-reactive ketones (excluding diaryl/α,β-unsaturated/α-hetero) is 1. The van der Waals surface area contributed by atoms with Crippen molar-refractivity contribution >= 4 is 37.5 Å².